The summed E-state index contributed by atoms with van der Waals surface area (Å²) in [5, 5.41) is 6.10. The molecule has 1 amide bonds. The first-order valence-electron chi connectivity index (χ1n) is 10.1. The predicted octanol–water partition coefficient (Wildman–Crippen LogP) is 4.92. The monoisotopic (exact) mass is 442 g/mol. The fourth-order valence-electron chi connectivity index (χ4n) is 3.41. The standard InChI is InChI=1S/C22H26N4O2S2/c1-14-15(2)26(12-18-10-7-11-28-18)22(23-14)30-16(3)20(27)25-21-24-19(13-29-21)17-8-5-4-6-9-17/h4-6,8-9,13,16,18H,7,10-12H2,1-3H3,(H,24,25,27)/t16-,18-/m1/s1. The van der Waals surface area contributed by atoms with Crippen LogP contribution in [-0.4, -0.2) is 38.4 Å². The Morgan fingerprint density at radius 2 is 2.13 bits per heavy atom. The molecule has 2 atom stereocenters. The Bertz CT molecular complexity index is 1010. The third kappa shape index (κ3) is 4.77. The molecule has 3 heterocycles. The Morgan fingerprint density at radius 1 is 1.33 bits per heavy atom. The van der Waals surface area contributed by atoms with E-state index in [2.05, 4.69) is 21.8 Å². The van der Waals surface area contributed by atoms with Gasteiger partial charge in [-0.1, -0.05) is 42.1 Å². The van der Waals surface area contributed by atoms with Gasteiger partial charge in [0.25, 0.3) is 0 Å². The lowest BCUT2D eigenvalue weighted by atomic mass is 10.2. The highest BCUT2D eigenvalue weighted by Gasteiger charge is 2.24. The molecule has 0 radical (unpaired) electrons. The Morgan fingerprint density at radius 3 is 2.87 bits per heavy atom. The van der Waals surface area contributed by atoms with Crippen molar-refractivity contribution in [3.63, 3.8) is 0 Å². The minimum absolute atomic E-state index is 0.0732. The molecule has 1 aliphatic rings. The van der Waals surface area contributed by atoms with Gasteiger partial charge in [-0.25, -0.2) is 9.97 Å². The second kappa shape index (κ2) is 9.32. The number of imidazole rings is 1. The Balaban J connectivity index is 1.41. The van der Waals surface area contributed by atoms with Crippen LogP contribution < -0.4 is 5.32 Å². The van der Waals surface area contributed by atoms with Crippen molar-refractivity contribution in [3.8, 4) is 11.3 Å². The molecule has 0 spiro atoms. The number of aromatic nitrogens is 3. The third-order valence-corrected chi connectivity index (χ3v) is 7.14. The minimum atomic E-state index is -0.293. The number of anilines is 1. The van der Waals surface area contributed by atoms with Crippen molar-refractivity contribution >= 4 is 34.1 Å². The summed E-state index contributed by atoms with van der Waals surface area (Å²) in [6.07, 6.45) is 2.41. The summed E-state index contributed by atoms with van der Waals surface area (Å²) in [6.45, 7) is 7.61. The van der Waals surface area contributed by atoms with Crippen molar-refractivity contribution < 1.29 is 9.53 Å². The molecule has 8 heteroatoms. The zero-order valence-corrected chi connectivity index (χ0v) is 19.1. The number of benzene rings is 1. The van der Waals surface area contributed by atoms with Crippen LogP contribution in [0.4, 0.5) is 5.13 Å². The number of amides is 1. The van der Waals surface area contributed by atoms with Gasteiger partial charge in [0.2, 0.25) is 5.91 Å². The number of hydrogen-bond acceptors (Lipinski definition) is 6. The highest BCUT2D eigenvalue weighted by Crippen LogP contribution is 2.29. The largest absolute Gasteiger partial charge is 0.376 e. The molecule has 30 heavy (non-hydrogen) atoms. The number of ether oxygens (including phenoxy) is 1. The van der Waals surface area contributed by atoms with Crippen LogP contribution in [0.3, 0.4) is 0 Å². The first-order valence-corrected chi connectivity index (χ1v) is 11.9. The fourth-order valence-corrected chi connectivity index (χ4v) is 5.14. The van der Waals surface area contributed by atoms with E-state index in [1.807, 2.05) is 49.6 Å². The van der Waals surface area contributed by atoms with E-state index in [9.17, 15) is 4.79 Å². The maximum atomic E-state index is 12.8. The summed E-state index contributed by atoms with van der Waals surface area (Å²) >= 11 is 2.92. The van der Waals surface area contributed by atoms with Crippen molar-refractivity contribution in [1.29, 1.82) is 0 Å². The summed E-state index contributed by atoms with van der Waals surface area (Å²) in [5.41, 5.74) is 4.04. The molecule has 6 nitrogen and oxygen atoms in total. The van der Waals surface area contributed by atoms with Crippen molar-refractivity contribution in [1.82, 2.24) is 14.5 Å². The van der Waals surface area contributed by atoms with Crippen LogP contribution >= 0.6 is 23.1 Å². The smallest absolute Gasteiger partial charge is 0.239 e. The Labute approximate surface area is 185 Å². The van der Waals surface area contributed by atoms with Gasteiger partial charge in [-0.15, -0.1) is 11.3 Å². The van der Waals surface area contributed by atoms with Gasteiger partial charge < -0.3 is 14.6 Å². The average Bonchev–Trinajstić information content (AvgIpc) is 3.48. The van der Waals surface area contributed by atoms with E-state index in [0.29, 0.717) is 5.13 Å². The topological polar surface area (TPSA) is 69.0 Å². The third-order valence-electron chi connectivity index (χ3n) is 5.29. The molecule has 3 aromatic rings. The average molecular weight is 443 g/mol. The second-order valence-electron chi connectivity index (χ2n) is 7.46. The van der Waals surface area contributed by atoms with Crippen LogP contribution in [0.15, 0.2) is 40.9 Å². The molecule has 0 unspecified atom stereocenters. The number of nitrogens with zero attached hydrogens (tertiary/aromatic N) is 3. The fraction of sp³-hybridized carbons (Fsp3) is 0.409. The number of thioether (sulfide) groups is 1. The quantitative estimate of drug-likeness (QED) is 0.526. The number of thiazole rings is 1. The first-order chi connectivity index (χ1) is 14.5. The number of hydrogen-bond donors (Lipinski definition) is 1. The van der Waals surface area contributed by atoms with E-state index < -0.39 is 0 Å². The van der Waals surface area contributed by atoms with E-state index >= 15 is 0 Å². The predicted molar refractivity (Wildman–Crippen MR) is 122 cm³/mol. The normalized spacial score (nSPS) is 17.2. The molecule has 158 valence electrons. The molecular formula is C22H26N4O2S2. The highest BCUT2D eigenvalue weighted by atomic mass is 32.2. The van der Waals surface area contributed by atoms with Crippen LogP contribution in [0, 0.1) is 13.8 Å². The number of carbonyl (C=O) groups is 1. The minimum Gasteiger partial charge on any atom is -0.376 e. The summed E-state index contributed by atoms with van der Waals surface area (Å²) in [5.74, 6) is -0.0732. The first kappa shape index (κ1) is 21.1. The maximum absolute atomic E-state index is 12.8. The van der Waals surface area contributed by atoms with E-state index in [4.69, 9.17) is 9.72 Å². The molecule has 1 N–H and O–H groups in total. The Hall–Kier alpha value is -2.16. The number of rotatable bonds is 7. The molecule has 1 aliphatic heterocycles. The van der Waals surface area contributed by atoms with Gasteiger partial charge in [-0.2, -0.15) is 0 Å². The highest BCUT2D eigenvalue weighted by molar-refractivity contribution is 8.00. The van der Waals surface area contributed by atoms with Gasteiger partial charge in [0, 0.05) is 23.2 Å². The molecule has 2 aromatic heterocycles. The van der Waals surface area contributed by atoms with Gasteiger partial charge in [-0.05, 0) is 33.6 Å². The van der Waals surface area contributed by atoms with Gasteiger partial charge >= 0.3 is 0 Å². The molecular weight excluding hydrogens is 416 g/mol. The second-order valence-corrected chi connectivity index (χ2v) is 9.63. The summed E-state index contributed by atoms with van der Waals surface area (Å²) in [6, 6.07) is 9.96. The van der Waals surface area contributed by atoms with Crippen LogP contribution in [0.1, 0.15) is 31.2 Å². The molecule has 0 saturated carbocycles. The van der Waals surface area contributed by atoms with Gasteiger partial charge in [-0.3, -0.25) is 4.79 Å². The number of nitrogens with one attached hydrogen (secondary N) is 1. The number of aryl methyl sites for hydroxylation is 1. The maximum Gasteiger partial charge on any atom is 0.239 e. The molecule has 4 rings (SSSR count). The lowest BCUT2D eigenvalue weighted by molar-refractivity contribution is -0.115. The van der Waals surface area contributed by atoms with Crippen molar-refractivity contribution in [2.24, 2.45) is 0 Å². The van der Waals surface area contributed by atoms with E-state index in [-0.39, 0.29) is 17.3 Å². The molecule has 1 saturated heterocycles. The van der Waals surface area contributed by atoms with Crippen LogP contribution in [0.25, 0.3) is 11.3 Å². The van der Waals surface area contributed by atoms with Gasteiger partial charge in [0.1, 0.15) is 0 Å². The zero-order chi connectivity index (χ0) is 21.1. The van der Waals surface area contributed by atoms with Crippen molar-refractivity contribution in [2.45, 2.75) is 56.7 Å². The van der Waals surface area contributed by atoms with Gasteiger partial charge in [0.05, 0.1) is 29.3 Å². The molecule has 0 aliphatic carbocycles. The summed E-state index contributed by atoms with van der Waals surface area (Å²) in [4.78, 5) is 22.0. The van der Waals surface area contributed by atoms with Crippen molar-refractivity contribution in [2.75, 3.05) is 11.9 Å². The lowest BCUT2D eigenvalue weighted by Gasteiger charge is -2.16. The number of carbonyl (C=O) groups excluding carboxylic acids is 1. The van der Waals surface area contributed by atoms with E-state index in [1.165, 1.54) is 23.1 Å². The Kier molecular flexibility index (Phi) is 6.55. The SMILES string of the molecule is Cc1nc(S[C@H](C)C(=O)Nc2nc(-c3ccccc3)cs2)n(C[C@H]2CCCO2)c1C. The van der Waals surface area contributed by atoms with Crippen LogP contribution in [0.2, 0.25) is 0 Å². The summed E-state index contributed by atoms with van der Waals surface area (Å²) in [7, 11) is 0. The lowest BCUT2D eigenvalue weighted by Crippen LogP contribution is -2.23. The van der Waals surface area contributed by atoms with Gasteiger partial charge in [0.15, 0.2) is 10.3 Å². The van der Waals surface area contributed by atoms with Crippen LogP contribution in [0.5, 0.6) is 0 Å². The summed E-state index contributed by atoms with van der Waals surface area (Å²) < 4.78 is 7.99. The molecule has 0 bridgehead atoms. The molecule has 1 aromatic carbocycles. The zero-order valence-electron chi connectivity index (χ0n) is 17.4. The van der Waals surface area contributed by atoms with E-state index in [0.717, 1.165) is 53.8 Å². The van der Waals surface area contributed by atoms with Crippen molar-refractivity contribution in [3.05, 3.63) is 47.1 Å². The van der Waals surface area contributed by atoms with Crippen LogP contribution in [-0.2, 0) is 16.1 Å². The molecule has 1 fully saturated rings. The van der Waals surface area contributed by atoms with E-state index in [1.54, 1.807) is 0 Å².